The van der Waals surface area contributed by atoms with E-state index < -0.39 is 0 Å². The van der Waals surface area contributed by atoms with E-state index in [1.807, 2.05) is 5.38 Å². The van der Waals surface area contributed by atoms with Gasteiger partial charge in [-0.3, -0.25) is 0 Å². The van der Waals surface area contributed by atoms with Gasteiger partial charge in [-0.1, -0.05) is 0 Å². The second-order valence-electron chi connectivity index (χ2n) is 3.81. The maximum Gasteiger partial charge on any atom is 0.135 e. The minimum atomic E-state index is 0.369. The summed E-state index contributed by atoms with van der Waals surface area (Å²) in [4.78, 5) is 16.4. The smallest absolute Gasteiger partial charge is 0.135 e. The van der Waals surface area contributed by atoms with Crippen LogP contribution in [0.3, 0.4) is 0 Å². The Bertz CT molecular complexity index is 696. The minimum Gasteiger partial charge on any atom is -0.397 e. The normalized spacial score (nSPS) is 10.5. The largest absolute Gasteiger partial charge is 0.397 e. The summed E-state index contributed by atoms with van der Waals surface area (Å²) < 4.78 is 0. The summed E-state index contributed by atoms with van der Waals surface area (Å²) in [6, 6.07) is 0. The number of nitrogens with zero attached hydrogens (tertiary/aromatic N) is 4. The number of nitrogen functional groups attached to an aromatic ring is 2. The highest BCUT2D eigenvalue weighted by Crippen LogP contribution is 2.37. The molecule has 0 saturated heterocycles. The van der Waals surface area contributed by atoms with Crippen LogP contribution in [-0.2, 0) is 0 Å². The molecule has 3 rings (SSSR count). The first-order valence-corrected chi connectivity index (χ1v) is 6.34. The Hall–Kier alpha value is -2.54. The molecule has 4 N–H and O–H groups in total. The van der Waals surface area contributed by atoms with Gasteiger partial charge in [-0.25, -0.2) is 19.9 Å². The van der Waals surface area contributed by atoms with Crippen molar-refractivity contribution in [3.8, 4) is 21.7 Å². The molecular weight excluding hydrogens is 260 g/mol. The van der Waals surface area contributed by atoms with Crippen molar-refractivity contribution >= 4 is 22.8 Å². The number of aromatic nitrogens is 4. The Kier molecular flexibility index (Phi) is 2.81. The standard InChI is InChI=1S/C12H10N6S/c13-10-8(7-3-15-6-16-4-7)5-18-11(14)9(10)12-17-1-2-19-12/h1-6H,(H4,13,14,18). The molecule has 0 aliphatic carbocycles. The van der Waals surface area contributed by atoms with E-state index in [1.54, 1.807) is 24.8 Å². The van der Waals surface area contributed by atoms with Gasteiger partial charge in [0.15, 0.2) is 0 Å². The van der Waals surface area contributed by atoms with Gasteiger partial charge in [0, 0.05) is 41.3 Å². The van der Waals surface area contributed by atoms with Crippen molar-refractivity contribution in [3.05, 3.63) is 36.5 Å². The predicted octanol–water partition coefficient (Wildman–Crippen LogP) is 1.83. The van der Waals surface area contributed by atoms with E-state index in [9.17, 15) is 0 Å². The van der Waals surface area contributed by atoms with Crippen LogP contribution in [0, 0.1) is 0 Å². The van der Waals surface area contributed by atoms with Crippen LogP contribution in [0.2, 0.25) is 0 Å². The van der Waals surface area contributed by atoms with Crippen LogP contribution < -0.4 is 11.5 Å². The van der Waals surface area contributed by atoms with Crippen molar-refractivity contribution < 1.29 is 0 Å². The molecule has 7 heteroatoms. The molecule has 0 amide bonds. The molecule has 3 aromatic heterocycles. The Morgan fingerprint density at radius 1 is 1.00 bits per heavy atom. The molecule has 0 bridgehead atoms. The number of pyridine rings is 1. The molecule has 0 fully saturated rings. The van der Waals surface area contributed by atoms with Crippen LogP contribution in [-0.4, -0.2) is 19.9 Å². The first-order chi connectivity index (χ1) is 9.27. The highest BCUT2D eigenvalue weighted by atomic mass is 32.1. The molecule has 19 heavy (non-hydrogen) atoms. The minimum absolute atomic E-state index is 0.369. The lowest BCUT2D eigenvalue weighted by Crippen LogP contribution is -2.01. The number of anilines is 2. The molecule has 0 aliphatic heterocycles. The zero-order valence-corrected chi connectivity index (χ0v) is 10.6. The van der Waals surface area contributed by atoms with Crippen LogP contribution in [0.5, 0.6) is 0 Å². The zero-order chi connectivity index (χ0) is 13.2. The zero-order valence-electron chi connectivity index (χ0n) is 9.82. The molecule has 0 aromatic carbocycles. The van der Waals surface area contributed by atoms with Gasteiger partial charge in [-0.15, -0.1) is 11.3 Å². The van der Waals surface area contributed by atoms with Crippen LogP contribution in [0.1, 0.15) is 0 Å². The average Bonchev–Trinajstić information content (AvgIpc) is 2.94. The van der Waals surface area contributed by atoms with E-state index in [-0.39, 0.29) is 0 Å². The van der Waals surface area contributed by atoms with Crippen molar-refractivity contribution in [2.24, 2.45) is 0 Å². The van der Waals surface area contributed by atoms with Gasteiger partial charge in [0.05, 0.1) is 11.3 Å². The maximum absolute atomic E-state index is 6.20. The molecule has 3 aromatic rings. The third kappa shape index (κ3) is 2.00. The predicted molar refractivity (Wildman–Crippen MR) is 75.2 cm³/mol. The summed E-state index contributed by atoms with van der Waals surface area (Å²) >= 11 is 1.47. The van der Waals surface area contributed by atoms with E-state index in [0.717, 1.165) is 16.1 Å². The number of nitrogens with two attached hydrogens (primary N) is 2. The molecular formula is C12H10N6S. The van der Waals surface area contributed by atoms with Crippen LogP contribution in [0.25, 0.3) is 21.7 Å². The first kappa shape index (κ1) is 11.5. The Labute approximate surface area is 113 Å². The van der Waals surface area contributed by atoms with Gasteiger partial charge >= 0.3 is 0 Å². The summed E-state index contributed by atoms with van der Waals surface area (Å²) in [6.45, 7) is 0. The summed E-state index contributed by atoms with van der Waals surface area (Å²) in [5, 5.41) is 2.62. The fourth-order valence-corrected chi connectivity index (χ4v) is 2.49. The third-order valence-electron chi connectivity index (χ3n) is 2.67. The van der Waals surface area contributed by atoms with Gasteiger partial charge in [0.1, 0.15) is 17.2 Å². The molecule has 0 atom stereocenters. The third-order valence-corrected chi connectivity index (χ3v) is 3.46. The average molecular weight is 270 g/mol. The molecule has 0 spiro atoms. The molecule has 0 saturated carbocycles. The van der Waals surface area contributed by atoms with Crippen LogP contribution >= 0.6 is 11.3 Å². The van der Waals surface area contributed by atoms with Crippen molar-refractivity contribution in [2.75, 3.05) is 11.5 Å². The lowest BCUT2D eigenvalue weighted by Gasteiger charge is -2.10. The van der Waals surface area contributed by atoms with Crippen molar-refractivity contribution in [1.29, 1.82) is 0 Å². The van der Waals surface area contributed by atoms with Crippen molar-refractivity contribution in [3.63, 3.8) is 0 Å². The quantitative estimate of drug-likeness (QED) is 0.736. The van der Waals surface area contributed by atoms with E-state index >= 15 is 0 Å². The summed E-state index contributed by atoms with van der Waals surface area (Å²) in [5.41, 5.74) is 14.9. The summed E-state index contributed by atoms with van der Waals surface area (Å²) in [6.07, 6.45) is 8.16. The topological polar surface area (TPSA) is 104 Å². The number of hydrogen-bond donors (Lipinski definition) is 2. The van der Waals surface area contributed by atoms with Crippen LogP contribution in [0.15, 0.2) is 36.5 Å². The summed E-state index contributed by atoms with van der Waals surface area (Å²) in [5.74, 6) is 0.369. The van der Waals surface area contributed by atoms with Gasteiger partial charge < -0.3 is 11.5 Å². The lowest BCUT2D eigenvalue weighted by atomic mass is 10.1. The van der Waals surface area contributed by atoms with Crippen molar-refractivity contribution in [2.45, 2.75) is 0 Å². The summed E-state index contributed by atoms with van der Waals surface area (Å²) in [7, 11) is 0. The number of rotatable bonds is 2. The molecule has 0 unspecified atom stereocenters. The number of hydrogen-bond acceptors (Lipinski definition) is 7. The van der Waals surface area contributed by atoms with E-state index in [1.165, 1.54) is 17.7 Å². The van der Waals surface area contributed by atoms with Gasteiger partial charge in [-0.05, 0) is 0 Å². The molecule has 6 nitrogen and oxygen atoms in total. The Balaban J connectivity index is 2.22. The molecule has 0 aliphatic rings. The van der Waals surface area contributed by atoms with Crippen LogP contribution in [0.4, 0.5) is 11.5 Å². The fourth-order valence-electron chi connectivity index (χ4n) is 1.78. The molecule has 94 valence electrons. The van der Waals surface area contributed by atoms with Gasteiger partial charge in [0.2, 0.25) is 0 Å². The Morgan fingerprint density at radius 3 is 2.47 bits per heavy atom. The maximum atomic E-state index is 6.20. The lowest BCUT2D eigenvalue weighted by molar-refractivity contribution is 1.17. The second kappa shape index (κ2) is 4.62. The molecule has 0 radical (unpaired) electrons. The second-order valence-corrected chi connectivity index (χ2v) is 4.70. The van der Waals surface area contributed by atoms with E-state index in [2.05, 4.69) is 19.9 Å². The van der Waals surface area contributed by atoms with E-state index in [4.69, 9.17) is 11.5 Å². The van der Waals surface area contributed by atoms with Gasteiger partial charge in [0.25, 0.3) is 0 Å². The SMILES string of the molecule is Nc1ncc(-c2cncnc2)c(N)c1-c1nccs1. The highest BCUT2D eigenvalue weighted by molar-refractivity contribution is 7.13. The Morgan fingerprint density at radius 2 is 1.79 bits per heavy atom. The number of thiazole rings is 1. The van der Waals surface area contributed by atoms with Gasteiger partial charge in [-0.2, -0.15) is 0 Å². The fraction of sp³-hybridized carbons (Fsp3) is 0. The monoisotopic (exact) mass is 270 g/mol. The van der Waals surface area contributed by atoms with Crippen molar-refractivity contribution in [1.82, 2.24) is 19.9 Å². The van der Waals surface area contributed by atoms with E-state index in [0.29, 0.717) is 17.1 Å². The highest BCUT2D eigenvalue weighted by Gasteiger charge is 2.15. The molecule has 3 heterocycles. The first-order valence-electron chi connectivity index (χ1n) is 5.46.